The average molecular weight is 963 g/mol. The molecular weight excluding hydrogens is 909 g/mol. The van der Waals surface area contributed by atoms with Crippen LogP contribution < -0.4 is 9.80 Å². The van der Waals surface area contributed by atoms with E-state index in [1.165, 1.54) is 125 Å². The molecule has 3 heteroatoms. The number of fused-ring (bicyclic) bond motifs is 9. The molecule has 0 spiro atoms. The molecule has 1 aromatic heterocycles. The first-order chi connectivity index (χ1) is 37.2. The lowest BCUT2D eigenvalue weighted by atomic mass is 9.86. The minimum Gasteiger partial charge on any atom is -0.456 e. The SMILES string of the molecule is c1ccc(-c2ccc3c(c2N(c2ccc4cc5c(cc4c2)oc2cc4cc(N(c6c(-c7ccccc7)ccc7c6CCCC7)c6cccc7ccccc67)ccc4cc25)c2cccc4ccccc24)CCCC3)cc1. The van der Waals surface area contributed by atoms with Gasteiger partial charge >= 0.3 is 0 Å². The zero-order chi connectivity index (χ0) is 49.4. The molecule has 3 nitrogen and oxygen atoms in total. The number of hydrogen-bond donors (Lipinski definition) is 0. The minimum atomic E-state index is 0.893. The van der Waals surface area contributed by atoms with E-state index in [2.05, 4.69) is 240 Å². The molecule has 12 aromatic carbocycles. The fourth-order valence-corrected chi connectivity index (χ4v) is 12.9. The first-order valence-electron chi connectivity index (χ1n) is 27.0. The average Bonchev–Trinajstić information content (AvgIpc) is 3.86. The van der Waals surface area contributed by atoms with Gasteiger partial charge in [-0.1, -0.05) is 170 Å². The molecule has 0 radical (unpaired) electrons. The standard InChI is InChI=1S/C72H54N2O/c1-3-17-49(18-4-1)63-39-35-51-23-9-13-29-61(51)71(63)73(67-31-15-25-47-21-7-11-27-59(47)67)57-37-33-53-43-65-66-44-54-34-38-58(42-56(54)46-70(66)75-69(65)45-55(53)41-57)74(68-32-16-26-48-22-8-12-28-60(48)68)72-62-30-14-10-24-52(62)36-40-64(72)50-19-5-2-6-20-50/h1-8,11-12,15-22,25-28,31-46H,9-10,13-14,23-24,29-30H2. The van der Waals surface area contributed by atoms with Crippen LogP contribution in [0, 0.1) is 0 Å². The highest BCUT2D eigenvalue weighted by molar-refractivity contribution is 6.15. The van der Waals surface area contributed by atoms with Crippen LogP contribution in [-0.2, 0) is 25.7 Å². The highest BCUT2D eigenvalue weighted by Crippen LogP contribution is 2.51. The molecule has 75 heavy (non-hydrogen) atoms. The summed E-state index contributed by atoms with van der Waals surface area (Å²) in [5.74, 6) is 0. The Labute approximate surface area is 437 Å². The lowest BCUT2D eigenvalue weighted by molar-refractivity contribution is 0.670. The lowest BCUT2D eigenvalue weighted by Crippen LogP contribution is -2.17. The van der Waals surface area contributed by atoms with Gasteiger partial charge in [0.05, 0.1) is 22.7 Å². The second-order valence-electron chi connectivity index (χ2n) is 20.9. The smallest absolute Gasteiger partial charge is 0.136 e. The Hall–Kier alpha value is -8.92. The predicted molar refractivity (Wildman–Crippen MR) is 317 cm³/mol. The van der Waals surface area contributed by atoms with Crippen LogP contribution in [0.1, 0.15) is 47.9 Å². The van der Waals surface area contributed by atoms with Crippen molar-refractivity contribution < 1.29 is 4.42 Å². The number of rotatable bonds is 8. The molecule has 0 N–H and O–H groups in total. The van der Waals surface area contributed by atoms with Crippen LogP contribution in [0.15, 0.2) is 235 Å². The summed E-state index contributed by atoms with van der Waals surface area (Å²) in [4.78, 5) is 5.13. The third kappa shape index (κ3) is 7.40. The van der Waals surface area contributed by atoms with Crippen LogP contribution in [0.5, 0.6) is 0 Å². The summed E-state index contributed by atoms with van der Waals surface area (Å²) in [6.07, 6.45) is 9.13. The fourth-order valence-electron chi connectivity index (χ4n) is 12.9. The van der Waals surface area contributed by atoms with Crippen molar-refractivity contribution in [2.75, 3.05) is 9.80 Å². The van der Waals surface area contributed by atoms with E-state index >= 15 is 0 Å². The molecule has 0 unspecified atom stereocenters. The van der Waals surface area contributed by atoms with Gasteiger partial charge in [-0.15, -0.1) is 0 Å². The molecular formula is C72H54N2O. The quantitative estimate of drug-likeness (QED) is 0.151. The van der Waals surface area contributed by atoms with Crippen LogP contribution in [0.25, 0.3) is 87.3 Å². The number of nitrogens with zero attached hydrogens (tertiary/aromatic N) is 2. The van der Waals surface area contributed by atoms with Gasteiger partial charge < -0.3 is 14.2 Å². The summed E-state index contributed by atoms with van der Waals surface area (Å²) in [6, 6.07) is 85.9. The molecule has 0 saturated carbocycles. The van der Waals surface area contributed by atoms with Gasteiger partial charge in [0.15, 0.2) is 0 Å². The molecule has 0 fully saturated rings. The van der Waals surface area contributed by atoms with Gasteiger partial charge in [0.1, 0.15) is 11.2 Å². The molecule has 0 saturated heterocycles. The fraction of sp³-hybridized carbons (Fsp3) is 0.111. The van der Waals surface area contributed by atoms with Crippen LogP contribution in [0.4, 0.5) is 34.1 Å². The topological polar surface area (TPSA) is 19.6 Å². The van der Waals surface area contributed by atoms with Crippen LogP contribution in [0.3, 0.4) is 0 Å². The van der Waals surface area contributed by atoms with Crippen LogP contribution >= 0.6 is 0 Å². The number of benzene rings is 12. The van der Waals surface area contributed by atoms with Gasteiger partial charge in [-0.3, -0.25) is 0 Å². The molecule has 13 aromatic rings. The summed E-state index contributed by atoms with van der Waals surface area (Å²) in [5, 5.41) is 11.9. The van der Waals surface area contributed by atoms with E-state index in [1.807, 2.05) is 0 Å². The summed E-state index contributed by atoms with van der Waals surface area (Å²) >= 11 is 0. The molecule has 0 aliphatic heterocycles. The van der Waals surface area contributed by atoms with E-state index < -0.39 is 0 Å². The third-order valence-corrected chi connectivity index (χ3v) is 16.5. The van der Waals surface area contributed by atoms with Crippen molar-refractivity contribution in [3.8, 4) is 22.3 Å². The minimum absolute atomic E-state index is 0.893. The second kappa shape index (κ2) is 17.9. The molecule has 0 bridgehead atoms. The Kier molecular flexibility index (Phi) is 10.4. The maximum atomic E-state index is 7.00. The Morgan fingerprint density at radius 2 is 0.720 bits per heavy atom. The van der Waals surface area contributed by atoms with Crippen LogP contribution in [-0.4, -0.2) is 0 Å². The van der Waals surface area contributed by atoms with E-state index in [4.69, 9.17) is 4.42 Å². The molecule has 2 aliphatic carbocycles. The highest BCUT2D eigenvalue weighted by Gasteiger charge is 2.28. The van der Waals surface area contributed by atoms with Gasteiger partial charge in [-0.05, 0) is 178 Å². The molecule has 15 rings (SSSR count). The maximum Gasteiger partial charge on any atom is 0.136 e. The Bertz CT molecular complexity index is 4090. The third-order valence-electron chi connectivity index (χ3n) is 16.5. The maximum absolute atomic E-state index is 7.00. The first kappa shape index (κ1) is 43.6. The van der Waals surface area contributed by atoms with E-state index in [1.54, 1.807) is 0 Å². The van der Waals surface area contributed by atoms with Crippen LogP contribution in [0.2, 0.25) is 0 Å². The summed E-state index contributed by atoms with van der Waals surface area (Å²) in [5.41, 5.74) is 19.8. The van der Waals surface area contributed by atoms with E-state index in [9.17, 15) is 0 Å². The summed E-state index contributed by atoms with van der Waals surface area (Å²) < 4.78 is 7.00. The van der Waals surface area contributed by atoms with Gasteiger partial charge in [-0.25, -0.2) is 0 Å². The second-order valence-corrected chi connectivity index (χ2v) is 20.9. The van der Waals surface area contributed by atoms with E-state index in [-0.39, 0.29) is 0 Å². The van der Waals surface area contributed by atoms with Crippen molar-refractivity contribution >= 4 is 99.2 Å². The number of furan rings is 1. The van der Waals surface area contributed by atoms with Gasteiger partial charge in [0.25, 0.3) is 0 Å². The van der Waals surface area contributed by atoms with Crippen molar-refractivity contribution in [2.24, 2.45) is 0 Å². The lowest BCUT2D eigenvalue weighted by Gasteiger charge is -2.33. The summed E-state index contributed by atoms with van der Waals surface area (Å²) in [7, 11) is 0. The van der Waals surface area contributed by atoms with E-state index in [0.717, 1.165) is 69.8 Å². The summed E-state index contributed by atoms with van der Waals surface area (Å²) in [6.45, 7) is 0. The molecule has 0 amide bonds. The number of hydrogen-bond acceptors (Lipinski definition) is 3. The molecule has 0 atom stereocenters. The Morgan fingerprint density at radius 3 is 1.20 bits per heavy atom. The largest absolute Gasteiger partial charge is 0.456 e. The van der Waals surface area contributed by atoms with Gasteiger partial charge in [0, 0.05) is 44.0 Å². The van der Waals surface area contributed by atoms with Gasteiger partial charge in [-0.2, -0.15) is 0 Å². The molecule has 1 heterocycles. The van der Waals surface area contributed by atoms with Crippen molar-refractivity contribution in [3.05, 3.63) is 253 Å². The molecule has 2 aliphatic rings. The Morgan fingerprint density at radius 1 is 0.293 bits per heavy atom. The number of aryl methyl sites for hydroxylation is 2. The number of anilines is 6. The van der Waals surface area contributed by atoms with Crippen molar-refractivity contribution in [1.29, 1.82) is 0 Å². The van der Waals surface area contributed by atoms with Gasteiger partial charge in [0.2, 0.25) is 0 Å². The monoisotopic (exact) mass is 962 g/mol. The Balaban J connectivity index is 0.903. The normalized spacial score (nSPS) is 13.4. The highest BCUT2D eigenvalue weighted by atomic mass is 16.3. The zero-order valence-electron chi connectivity index (χ0n) is 41.9. The molecule has 358 valence electrons. The van der Waals surface area contributed by atoms with E-state index in [0.29, 0.717) is 0 Å². The first-order valence-corrected chi connectivity index (χ1v) is 27.0. The van der Waals surface area contributed by atoms with Crippen molar-refractivity contribution in [1.82, 2.24) is 0 Å². The van der Waals surface area contributed by atoms with Crippen molar-refractivity contribution in [2.45, 2.75) is 51.4 Å². The zero-order valence-corrected chi connectivity index (χ0v) is 41.9. The van der Waals surface area contributed by atoms with Crippen molar-refractivity contribution in [3.63, 3.8) is 0 Å². The predicted octanol–water partition coefficient (Wildman–Crippen LogP) is 20.2.